The maximum atomic E-state index is 15.5. The van der Waals surface area contributed by atoms with E-state index < -0.39 is 35.3 Å². The van der Waals surface area contributed by atoms with Crippen molar-refractivity contribution >= 4 is 17.5 Å². The predicted octanol–water partition coefficient (Wildman–Crippen LogP) is 4.78. The van der Waals surface area contributed by atoms with Crippen LogP contribution in [0.1, 0.15) is 57.2 Å². The number of carbonyl (C=O) groups is 2. The van der Waals surface area contributed by atoms with Crippen LogP contribution in [0.25, 0.3) is 0 Å². The molecule has 242 valence electrons. The summed E-state index contributed by atoms with van der Waals surface area (Å²) < 4.78 is 57.5. The van der Waals surface area contributed by atoms with Crippen LogP contribution in [-0.2, 0) is 9.59 Å². The second kappa shape index (κ2) is 14.3. The fourth-order valence-corrected chi connectivity index (χ4v) is 6.31. The van der Waals surface area contributed by atoms with Gasteiger partial charge < -0.3 is 20.0 Å². The first kappa shape index (κ1) is 33.7. The Morgan fingerprint density at radius 2 is 1.57 bits per heavy atom. The van der Waals surface area contributed by atoms with Gasteiger partial charge in [-0.05, 0) is 57.6 Å². The highest BCUT2D eigenvalue weighted by Gasteiger charge is 2.42. The van der Waals surface area contributed by atoms with Gasteiger partial charge in [0.2, 0.25) is 11.8 Å². The molecule has 1 N–H and O–H groups in total. The van der Waals surface area contributed by atoms with Crippen LogP contribution in [0, 0.1) is 35.1 Å². The normalized spacial score (nSPS) is 20.2. The number of hydrogen-bond acceptors (Lipinski definition) is 5. The molecule has 11 heteroatoms. The highest BCUT2D eigenvalue weighted by molar-refractivity contribution is 5.81. The average molecular weight is 620 g/mol. The second-order valence-corrected chi connectivity index (χ2v) is 12.9. The quantitative estimate of drug-likeness (QED) is 0.307. The fraction of sp³-hybridized carbons (Fsp3) is 0.576. The number of likely N-dealkylation sites (tertiary alicyclic amines) is 1. The topological polar surface area (TPSA) is 59.1 Å². The Hall–Kier alpha value is -3.18. The molecule has 3 atom stereocenters. The Balaban J connectivity index is 1.51. The van der Waals surface area contributed by atoms with Crippen molar-refractivity contribution in [2.24, 2.45) is 11.8 Å². The molecule has 0 saturated carbocycles. The molecular weight excluding hydrogens is 574 g/mol. The molecule has 2 aromatic carbocycles. The van der Waals surface area contributed by atoms with E-state index in [9.17, 15) is 22.8 Å². The van der Waals surface area contributed by atoms with Gasteiger partial charge in [0.25, 0.3) is 0 Å². The lowest BCUT2D eigenvalue weighted by molar-refractivity contribution is -0.136. The molecule has 2 aromatic rings. The molecule has 0 aromatic heterocycles. The number of nitrogens with zero attached hydrogens (tertiary/aromatic N) is 4. The summed E-state index contributed by atoms with van der Waals surface area (Å²) in [6, 6.07) is 6.61. The summed E-state index contributed by atoms with van der Waals surface area (Å²) in [5.41, 5.74) is 1.39. The maximum absolute atomic E-state index is 15.5. The molecule has 0 aliphatic carbocycles. The van der Waals surface area contributed by atoms with E-state index in [-0.39, 0.29) is 35.2 Å². The maximum Gasteiger partial charge on any atom is 0.227 e. The number of piperazine rings is 1. The Kier molecular flexibility index (Phi) is 10.9. The van der Waals surface area contributed by atoms with Crippen molar-refractivity contribution in [3.8, 4) is 0 Å². The van der Waals surface area contributed by atoms with Gasteiger partial charge in [-0.2, -0.15) is 0 Å². The van der Waals surface area contributed by atoms with Crippen LogP contribution < -0.4 is 10.2 Å². The first-order valence-electron chi connectivity index (χ1n) is 15.4. The zero-order valence-corrected chi connectivity index (χ0v) is 26.5. The minimum Gasteiger partial charge on any atom is -0.365 e. The summed E-state index contributed by atoms with van der Waals surface area (Å²) >= 11 is 0. The third kappa shape index (κ3) is 7.54. The van der Waals surface area contributed by atoms with Crippen LogP contribution in [0.5, 0.6) is 0 Å². The van der Waals surface area contributed by atoms with Crippen molar-refractivity contribution in [2.75, 3.05) is 64.8 Å². The lowest BCUT2D eigenvalue weighted by atomic mass is 9.87. The first-order chi connectivity index (χ1) is 20.8. The first-order valence-corrected chi connectivity index (χ1v) is 15.4. The number of rotatable bonds is 10. The number of carbonyl (C=O) groups excluding carboxylic acids is 2. The molecule has 2 heterocycles. The van der Waals surface area contributed by atoms with Gasteiger partial charge in [-0.15, -0.1) is 0 Å². The SMILES string of the molecule is CC(C)[C@H](NC(=O)CCN(C)C)c1cccc(F)c1N1CCN(C(=O)[C@@H]2CN(C(C)C)C[C@H]2c2cc(F)c(F)c(F)c2)CC1. The molecule has 2 aliphatic heterocycles. The molecule has 2 amide bonds. The van der Waals surface area contributed by atoms with Crippen molar-refractivity contribution in [1.29, 1.82) is 0 Å². The van der Waals surface area contributed by atoms with Crippen molar-refractivity contribution in [3.63, 3.8) is 0 Å². The van der Waals surface area contributed by atoms with E-state index >= 15 is 4.39 Å². The van der Waals surface area contributed by atoms with Gasteiger partial charge in [-0.1, -0.05) is 26.0 Å². The van der Waals surface area contributed by atoms with Gasteiger partial charge in [-0.25, -0.2) is 17.6 Å². The monoisotopic (exact) mass is 619 g/mol. The van der Waals surface area contributed by atoms with E-state index in [1.807, 2.05) is 57.7 Å². The van der Waals surface area contributed by atoms with Crippen molar-refractivity contribution in [2.45, 2.75) is 52.1 Å². The summed E-state index contributed by atoms with van der Waals surface area (Å²) in [5.74, 6) is -5.73. The van der Waals surface area contributed by atoms with Gasteiger partial charge in [0, 0.05) is 69.8 Å². The van der Waals surface area contributed by atoms with Crippen LogP contribution in [0.4, 0.5) is 23.2 Å². The molecule has 7 nitrogen and oxygen atoms in total. The van der Waals surface area contributed by atoms with Crippen LogP contribution >= 0.6 is 0 Å². The molecular formula is C33H45F4N5O2. The molecule has 2 fully saturated rings. The highest BCUT2D eigenvalue weighted by atomic mass is 19.2. The molecule has 0 bridgehead atoms. The van der Waals surface area contributed by atoms with E-state index in [2.05, 4.69) is 10.2 Å². The van der Waals surface area contributed by atoms with Gasteiger partial charge in [0.05, 0.1) is 17.6 Å². The van der Waals surface area contributed by atoms with E-state index in [0.717, 1.165) is 12.1 Å². The van der Waals surface area contributed by atoms with Gasteiger partial charge in [0.1, 0.15) is 5.82 Å². The largest absolute Gasteiger partial charge is 0.365 e. The number of para-hydroxylation sites is 1. The van der Waals surface area contributed by atoms with Crippen molar-refractivity contribution in [3.05, 3.63) is 64.7 Å². The molecule has 44 heavy (non-hydrogen) atoms. The zero-order chi connectivity index (χ0) is 32.3. The molecule has 2 aliphatic rings. The van der Waals surface area contributed by atoms with Gasteiger partial charge in [0.15, 0.2) is 17.5 Å². The molecule has 0 unspecified atom stereocenters. The van der Waals surface area contributed by atoms with Gasteiger partial charge >= 0.3 is 0 Å². The minimum absolute atomic E-state index is 0.00561. The van der Waals surface area contributed by atoms with E-state index in [1.54, 1.807) is 11.0 Å². The molecule has 2 saturated heterocycles. The lowest BCUT2D eigenvalue weighted by Crippen LogP contribution is -2.52. The number of amides is 2. The average Bonchev–Trinajstić information content (AvgIpc) is 3.43. The standard InChI is InChI=1S/C33H45F4N5O2/c1-20(2)31(38-29(43)10-11-39(5)6)23-8-7-9-26(34)32(23)40-12-14-41(15-13-40)33(44)25-19-42(21(3)4)18-24(25)22-16-27(35)30(37)28(36)17-22/h7-9,16-17,20-21,24-25,31H,10-15,18-19H2,1-6H3,(H,38,43)/t24-,25+,31-/m0/s1. The van der Waals surface area contributed by atoms with E-state index in [4.69, 9.17) is 0 Å². The Bertz CT molecular complexity index is 1310. The fourth-order valence-electron chi connectivity index (χ4n) is 6.31. The lowest BCUT2D eigenvalue weighted by Gasteiger charge is -2.39. The Morgan fingerprint density at radius 3 is 2.14 bits per heavy atom. The van der Waals surface area contributed by atoms with Crippen LogP contribution in [0.3, 0.4) is 0 Å². The summed E-state index contributed by atoms with van der Waals surface area (Å²) in [6.07, 6.45) is 0.329. The molecule has 4 rings (SSSR count). The van der Waals surface area contributed by atoms with Gasteiger partial charge in [-0.3, -0.25) is 14.5 Å². The van der Waals surface area contributed by atoms with Crippen LogP contribution in [0.15, 0.2) is 30.3 Å². The van der Waals surface area contributed by atoms with E-state index in [0.29, 0.717) is 63.5 Å². The molecule has 0 radical (unpaired) electrons. The van der Waals surface area contributed by atoms with Crippen LogP contribution in [0.2, 0.25) is 0 Å². The van der Waals surface area contributed by atoms with E-state index in [1.165, 1.54) is 6.07 Å². The number of hydrogen-bond donors (Lipinski definition) is 1. The highest BCUT2D eigenvalue weighted by Crippen LogP contribution is 2.38. The summed E-state index contributed by atoms with van der Waals surface area (Å²) in [6.45, 7) is 10.8. The number of anilines is 1. The van der Waals surface area contributed by atoms with Crippen molar-refractivity contribution < 1.29 is 27.2 Å². The zero-order valence-electron chi connectivity index (χ0n) is 26.5. The number of benzene rings is 2. The Morgan fingerprint density at radius 1 is 0.932 bits per heavy atom. The second-order valence-electron chi connectivity index (χ2n) is 12.9. The summed E-state index contributed by atoms with van der Waals surface area (Å²) in [4.78, 5) is 34.3. The molecule has 0 spiro atoms. The summed E-state index contributed by atoms with van der Waals surface area (Å²) in [7, 11) is 3.80. The third-order valence-corrected chi connectivity index (χ3v) is 8.86. The number of nitrogens with one attached hydrogen (secondary N) is 1. The Labute approximate surface area is 258 Å². The van der Waals surface area contributed by atoms with Crippen molar-refractivity contribution in [1.82, 2.24) is 20.0 Å². The van der Waals surface area contributed by atoms with Crippen LogP contribution in [-0.4, -0.2) is 92.5 Å². The number of halogens is 4. The third-order valence-electron chi connectivity index (χ3n) is 8.86. The minimum atomic E-state index is -1.52. The predicted molar refractivity (Wildman–Crippen MR) is 163 cm³/mol. The smallest absolute Gasteiger partial charge is 0.227 e. The summed E-state index contributed by atoms with van der Waals surface area (Å²) in [5, 5.41) is 3.10.